The number of carbonyl (C=O) groups is 1. The Kier molecular flexibility index (Phi) is 6.32. The lowest BCUT2D eigenvalue weighted by Gasteiger charge is -2.11. The molecule has 3 aromatic carbocycles. The average Bonchev–Trinajstić information content (AvgIpc) is 2.81. The summed E-state index contributed by atoms with van der Waals surface area (Å²) in [4.78, 5) is 21.1. The van der Waals surface area contributed by atoms with Crippen molar-refractivity contribution < 1.29 is 18.0 Å². The quantitative estimate of drug-likeness (QED) is 0.343. The van der Waals surface area contributed by atoms with E-state index in [1.54, 1.807) is 36.4 Å². The van der Waals surface area contributed by atoms with Gasteiger partial charge in [0, 0.05) is 28.7 Å². The number of amides is 1. The van der Waals surface area contributed by atoms with Crippen LogP contribution in [0, 0.1) is 13.8 Å². The Bertz CT molecular complexity index is 1330. The van der Waals surface area contributed by atoms with Crippen LogP contribution < -0.4 is 10.6 Å². The topological polar surface area (TPSA) is 66.9 Å². The zero-order valence-corrected chi connectivity index (χ0v) is 18.4. The monoisotopic (exact) mass is 462 g/mol. The van der Waals surface area contributed by atoms with E-state index in [1.165, 1.54) is 12.3 Å². The normalized spacial score (nSPS) is 11.2. The first kappa shape index (κ1) is 23.0. The van der Waals surface area contributed by atoms with Crippen LogP contribution >= 0.6 is 0 Å². The van der Waals surface area contributed by atoms with Gasteiger partial charge in [0.25, 0.3) is 5.91 Å². The molecular formula is C26H21F3N4O. The molecule has 0 saturated heterocycles. The highest BCUT2D eigenvalue weighted by molar-refractivity contribution is 6.04. The summed E-state index contributed by atoms with van der Waals surface area (Å²) < 4.78 is 39.1. The van der Waals surface area contributed by atoms with Crippen LogP contribution in [0.5, 0.6) is 0 Å². The molecule has 0 radical (unpaired) electrons. The maximum absolute atomic E-state index is 13.0. The van der Waals surface area contributed by atoms with Crippen molar-refractivity contribution in [3.05, 3.63) is 101 Å². The number of carbonyl (C=O) groups excluding carboxylic acids is 1. The molecule has 4 rings (SSSR count). The molecule has 172 valence electrons. The fraction of sp³-hybridized carbons (Fsp3) is 0.115. The lowest BCUT2D eigenvalue weighted by Crippen LogP contribution is -2.12. The second kappa shape index (κ2) is 9.35. The van der Waals surface area contributed by atoms with E-state index >= 15 is 0 Å². The lowest BCUT2D eigenvalue weighted by molar-refractivity contribution is -0.137. The van der Waals surface area contributed by atoms with E-state index < -0.39 is 11.7 Å². The molecule has 4 aromatic rings. The Hall–Kier alpha value is -4.20. The van der Waals surface area contributed by atoms with Crippen molar-refractivity contribution in [2.24, 2.45) is 0 Å². The van der Waals surface area contributed by atoms with Crippen molar-refractivity contribution in [1.82, 2.24) is 9.97 Å². The summed E-state index contributed by atoms with van der Waals surface area (Å²) >= 11 is 0. The first-order valence-electron chi connectivity index (χ1n) is 10.5. The third-order valence-corrected chi connectivity index (χ3v) is 5.19. The highest BCUT2D eigenvalue weighted by atomic mass is 19.4. The number of benzene rings is 3. The van der Waals surface area contributed by atoms with Crippen molar-refractivity contribution in [1.29, 1.82) is 0 Å². The van der Waals surface area contributed by atoms with E-state index in [0.717, 1.165) is 28.9 Å². The molecule has 0 aliphatic rings. The molecule has 0 atom stereocenters. The third-order valence-electron chi connectivity index (χ3n) is 5.19. The van der Waals surface area contributed by atoms with Crippen LogP contribution in [-0.4, -0.2) is 15.9 Å². The van der Waals surface area contributed by atoms with Crippen LogP contribution in [0.25, 0.3) is 11.3 Å². The van der Waals surface area contributed by atoms with Crippen molar-refractivity contribution in [2.75, 3.05) is 10.6 Å². The number of aryl methyl sites for hydroxylation is 2. The van der Waals surface area contributed by atoms with Crippen LogP contribution in [-0.2, 0) is 6.18 Å². The molecule has 1 amide bonds. The molecule has 5 nitrogen and oxygen atoms in total. The van der Waals surface area contributed by atoms with Gasteiger partial charge in [-0.05, 0) is 73.5 Å². The average molecular weight is 462 g/mol. The van der Waals surface area contributed by atoms with E-state index in [4.69, 9.17) is 0 Å². The van der Waals surface area contributed by atoms with E-state index in [0.29, 0.717) is 22.5 Å². The number of halogens is 3. The smallest absolute Gasteiger partial charge is 0.324 e. The van der Waals surface area contributed by atoms with Crippen LogP contribution in [0.3, 0.4) is 0 Å². The van der Waals surface area contributed by atoms with E-state index in [-0.39, 0.29) is 11.9 Å². The molecule has 8 heteroatoms. The summed E-state index contributed by atoms with van der Waals surface area (Å²) in [5.41, 5.74) is 3.82. The zero-order valence-electron chi connectivity index (χ0n) is 18.4. The summed E-state index contributed by atoms with van der Waals surface area (Å²) in [6.45, 7) is 3.88. The maximum atomic E-state index is 13.0. The fourth-order valence-corrected chi connectivity index (χ4v) is 3.33. The van der Waals surface area contributed by atoms with Gasteiger partial charge < -0.3 is 10.6 Å². The van der Waals surface area contributed by atoms with Crippen LogP contribution in [0.4, 0.5) is 30.5 Å². The molecular weight excluding hydrogens is 441 g/mol. The minimum atomic E-state index is -4.43. The summed E-state index contributed by atoms with van der Waals surface area (Å²) in [6, 6.07) is 19.1. The van der Waals surface area contributed by atoms with E-state index in [1.807, 2.05) is 32.0 Å². The Balaban J connectivity index is 1.48. The van der Waals surface area contributed by atoms with E-state index in [9.17, 15) is 18.0 Å². The predicted molar refractivity (Wildman–Crippen MR) is 126 cm³/mol. The molecule has 1 aromatic heterocycles. The third kappa shape index (κ3) is 5.40. The van der Waals surface area contributed by atoms with Gasteiger partial charge in [-0.1, -0.05) is 24.3 Å². The number of rotatable bonds is 5. The van der Waals surface area contributed by atoms with Gasteiger partial charge >= 0.3 is 6.18 Å². The van der Waals surface area contributed by atoms with Crippen molar-refractivity contribution in [3.63, 3.8) is 0 Å². The van der Waals surface area contributed by atoms with Gasteiger partial charge in [0.1, 0.15) is 0 Å². The van der Waals surface area contributed by atoms with Crippen LogP contribution in [0.2, 0.25) is 0 Å². The van der Waals surface area contributed by atoms with Gasteiger partial charge in [0.15, 0.2) is 0 Å². The van der Waals surface area contributed by atoms with Crippen molar-refractivity contribution >= 4 is 23.2 Å². The van der Waals surface area contributed by atoms with Gasteiger partial charge in [0.2, 0.25) is 5.95 Å². The fourth-order valence-electron chi connectivity index (χ4n) is 3.33. The standard InChI is InChI=1S/C26H21F3N4O/c1-16-6-7-17(2)23(14-16)32-24(34)18-8-10-21(11-9-18)31-25-30-13-12-22(33-25)19-4-3-5-20(15-19)26(27,28)29/h3-15H,1-2H3,(H,32,34)(H,30,31,33). The van der Waals surface area contributed by atoms with Gasteiger partial charge in [-0.15, -0.1) is 0 Å². The molecule has 0 unspecified atom stereocenters. The summed E-state index contributed by atoms with van der Waals surface area (Å²) in [5, 5.41) is 5.93. The minimum absolute atomic E-state index is 0.225. The van der Waals surface area contributed by atoms with Crippen LogP contribution in [0.15, 0.2) is 79.0 Å². The molecule has 0 fully saturated rings. The Morgan fingerprint density at radius 2 is 1.68 bits per heavy atom. The first-order chi connectivity index (χ1) is 16.2. The highest BCUT2D eigenvalue weighted by Gasteiger charge is 2.30. The second-order valence-electron chi connectivity index (χ2n) is 7.82. The SMILES string of the molecule is Cc1ccc(C)c(NC(=O)c2ccc(Nc3nccc(-c4cccc(C(F)(F)F)c4)n3)cc2)c1. The molecule has 2 N–H and O–H groups in total. The Labute approximate surface area is 194 Å². The van der Waals surface area contributed by atoms with Gasteiger partial charge in [-0.25, -0.2) is 9.97 Å². The predicted octanol–water partition coefficient (Wildman–Crippen LogP) is 6.78. The number of nitrogens with one attached hydrogen (secondary N) is 2. The molecule has 0 aliphatic heterocycles. The number of hydrogen-bond acceptors (Lipinski definition) is 4. The van der Waals surface area contributed by atoms with Crippen molar-refractivity contribution in [3.8, 4) is 11.3 Å². The van der Waals surface area contributed by atoms with Gasteiger partial charge in [-0.3, -0.25) is 4.79 Å². The summed E-state index contributed by atoms with van der Waals surface area (Å²) in [5.74, 6) is -0.00876. The highest BCUT2D eigenvalue weighted by Crippen LogP contribution is 2.32. The van der Waals surface area contributed by atoms with Gasteiger partial charge in [-0.2, -0.15) is 13.2 Å². The Morgan fingerprint density at radius 1 is 0.912 bits per heavy atom. The second-order valence-corrected chi connectivity index (χ2v) is 7.82. The number of alkyl halides is 3. The zero-order chi connectivity index (χ0) is 24.3. The van der Waals surface area contributed by atoms with E-state index in [2.05, 4.69) is 20.6 Å². The summed E-state index contributed by atoms with van der Waals surface area (Å²) in [6.07, 6.45) is -2.97. The maximum Gasteiger partial charge on any atom is 0.416 e. The minimum Gasteiger partial charge on any atom is -0.324 e. The number of aromatic nitrogens is 2. The van der Waals surface area contributed by atoms with Crippen LogP contribution in [0.1, 0.15) is 27.0 Å². The Morgan fingerprint density at radius 3 is 2.41 bits per heavy atom. The first-order valence-corrected chi connectivity index (χ1v) is 10.5. The molecule has 0 spiro atoms. The molecule has 0 aliphatic carbocycles. The molecule has 0 saturated carbocycles. The number of nitrogens with zero attached hydrogens (tertiary/aromatic N) is 2. The van der Waals surface area contributed by atoms with Gasteiger partial charge in [0.05, 0.1) is 11.3 Å². The summed E-state index contributed by atoms with van der Waals surface area (Å²) in [7, 11) is 0. The van der Waals surface area contributed by atoms with Crippen molar-refractivity contribution in [2.45, 2.75) is 20.0 Å². The largest absolute Gasteiger partial charge is 0.416 e. The molecule has 34 heavy (non-hydrogen) atoms. The number of hydrogen-bond donors (Lipinski definition) is 2. The molecule has 1 heterocycles. The molecule has 0 bridgehead atoms. The number of anilines is 3. The lowest BCUT2D eigenvalue weighted by atomic mass is 10.1.